The van der Waals surface area contributed by atoms with Gasteiger partial charge in [0, 0.05) is 18.5 Å². The number of benzene rings is 2. The molecule has 2 aromatic rings. The lowest BCUT2D eigenvalue weighted by Gasteiger charge is -2.15. The van der Waals surface area contributed by atoms with Crippen molar-refractivity contribution in [2.24, 2.45) is 5.41 Å². The van der Waals surface area contributed by atoms with Crippen molar-refractivity contribution < 1.29 is 0 Å². The normalized spacial score (nSPS) is 11.1. The van der Waals surface area contributed by atoms with Crippen LogP contribution in [0.25, 0.3) is 10.8 Å². The third-order valence-electron chi connectivity index (χ3n) is 3.39. The molecule has 0 saturated heterocycles. The largest absolute Gasteiger partial charge is 0.298 e. The maximum atomic E-state index is 3.21. The SMILES string of the molecule is CC.CN(C/C=C/C#CC(C)(C)C)Cc1cccc2ccccc12. The maximum Gasteiger partial charge on any atom is 0.0240 e. The number of likely N-dealkylation sites (N-methyl/N-ethyl adjacent to an activating group) is 1. The van der Waals surface area contributed by atoms with Crippen molar-refractivity contribution in [2.75, 3.05) is 13.6 Å². The van der Waals surface area contributed by atoms with Crippen molar-refractivity contribution in [3.8, 4) is 11.8 Å². The first kappa shape index (κ1) is 20.0. The molecule has 0 aliphatic carbocycles. The van der Waals surface area contributed by atoms with E-state index in [0.717, 1.165) is 13.1 Å². The second-order valence-corrected chi connectivity index (χ2v) is 6.76. The monoisotopic (exact) mass is 321 g/mol. The summed E-state index contributed by atoms with van der Waals surface area (Å²) < 4.78 is 0. The van der Waals surface area contributed by atoms with Crippen LogP contribution in [0, 0.1) is 17.3 Å². The Morgan fingerprint density at radius 3 is 2.38 bits per heavy atom. The van der Waals surface area contributed by atoms with E-state index in [1.54, 1.807) is 0 Å². The first-order valence-corrected chi connectivity index (χ1v) is 8.78. The maximum absolute atomic E-state index is 3.21. The minimum atomic E-state index is 0.0686. The fraction of sp³-hybridized carbons (Fsp3) is 0.391. The van der Waals surface area contributed by atoms with Gasteiger partial charge >= 0.3 is 0 Å². The minimum absolute atomic E-state index is 0.0686. The van der Waals surface area contributed by atoms with Gasteiger partial charge in [0.05, 0.1) is 0 Å². The van der Waals surface area contributed by atoms with Crippen molar-refractivity contribution in [3.63, 3.8) is 0 Å². The molecule has 0 aliphatic rings. The van der Waals surface area contributed by atoms with Gasteiger partial charge in [-0.15, -0.1) is 0 Å². The zero-order chi connectivity index (χ0) is 18.0. The van der Waals surface area contributed by atoms with Gasteiger partial charge in [-0.3, -0.25) is 4.90 Å². The summed E-state index contributed by atoms with van der Waals surface area (Å²) in [5.41, 5.74) is 1.44. The Labute approximate surface area is 148 Å². The zero-order valence-electron chi connectivity index (χ0n) is 16.1. The van der Waals surface area contributed by atoms with E-state index in [4.69, 9.17) is 0 Å². The number of allylic oxidation sites excluding steroid dienone is 1. The summed E-state index contributed by atoms with van der Waals surface area (Å²) in [5.74, 6) is 6.33. The van der Waals surface area contributed by atoms with Gasteiger partial charge in [-0.25, -0.2) is 0 Å². The van der Waals surface area contributed by atoms with Gasteiger partial charge in [0.15, 0.2) is 0 Å². The van der Waals surface area contributed by atoms with E-state index in [1.807, 2.05) is 19.9 Å². The first-order chi connectivity index (χ1) is 11.5. The summed E-state index contributed by atoms with van der Waals surface area (Å²) in [6.45, 7) is 12.2. The zero-order valence-corrected chi connectivity index (χ0v) is 16.1. The third kappa shape index (κ3) is 7.02. The van der Waals surface area contributed by atoms with Gasteiger partial charge in [0.1, 0.15) is 0 Å². The number of rotatable bonds is 4. The smallest absolute Gasteiger partial charge is 0.0240 e. The number of hydrogen-bond acceptors (Lipinski definition) is 1. The molecule has 2 aromatic carbocycles. The summed E-state index contributed by atoms with van der Waals surface area (Å²) in [6, 6.07) is 15.1. The Kier molecular flexibility index (Phi) is 8.30. The quantitative estimate of drug-likeness (QED) is 0.633. The molecule has 24 heavy (non-hydrogen) atoms. The lowest BCUT2D eigenvalue weighted by molar-refractivity contribution is 0.365. The Morgan fingerprint density at radius 2 is 1.67 bits per heavy atom. The molecule has 0 atom stereocenters. The molecule has 0 unspecified atom stereocenters. The van der Waals surface area contributed by atoms with E-state index in [2.05, 4.69) is 93.1 Å². The van der Waals surface area contributed by atoms with Gasteiger partial charge in [0.25, 0.3) is 0 Å². The molecule has 0 bridgehead atoms. The molecule has 0 spiro atoms. The molecule has 0 aromatic heterocycles. The number of nitrogens with zero attached hydrogens (tertiary/aromatic N) is 1. The van der Waals surface area contributed by atoms with Crippen LogP contribution in [0.2, 0.25) is 0 Å². The summed E-state index contributed by atoms with van der Waals surface area (Å²) in [5, 5.41) is 2.65. The second kappa shape index (κ2) is 9.96. The highest BCUT2D eigenvalue weighted by atomic mass is 15.1. The molecule has 1 heteroatoms. The van der Waals surface area contributed by atoms with Crippen LogP contribution in [0.5, 0.6) is 0 Å². The van der Waals surface area contributed by atoms with Gasteiger partial charge < -0.3 is 0 Å². The molecule has 0 fully saturated rings. The van der Waals surface area contributed by atoms with Crippen molar-refractivity contribution in [3.05, 3.63) is 60.2 Å². The molecule has 2 rings (SSSR count). The van der Waals surface area contributed by atoms with Crippen LogP contribution >= 0.6 is 0 Å². The summed E-state index contributed by atoms with van der Waals surface area (Å²) in [6.07, 6.45) is 4.09. The van der Waals surface area contributed by atoms with Crippen LogP contribution in [0.15, 0.2) is 54.6 Å². The number of hydrogen-bond donors (Lipinski definition) is 0. The Balaban J connectivity index is 0.00000139. The Hall–Kier alpha value is -2.04. The Bertz CT molecular complexity index is 703. The lowest BCUT2D eigenvalue weighted by atomic mass is 9.98. The van der Waals surface area contributed by atoms with Crippen LogP contribution in [-0.2, 0) is 6.54 Å². The highest BCUT2D eigenvalue weighted by molar-refractivity contribution is 5.85. The minimum Gasteiger partial charge on any atom is -0.298 e. The van der Waals surface area contributed by atoms with Crippen molar-refractivity contribution in [1.29, 1.82) is 0 Å². The molecule has 0 saturated carbocycles. The van der Waals surface area contributed by atoms with E-state index >= 15 is 0 Å². The predicted octanol–water partition coefficient (Wildman–Crippen LogP) is 5.90. The topological polar surface area (TPSA) is 3.24 Å². The van der Waals surface area contributed by atoms with Crippen LogP contribution in [-0.4, -0.2) is 18.5 Å². The second-order valence-electron chi connectivity index (χ2n) is 6.76. The average Bonchev–Trinajstić information content (AvgIpc) is 2.56. The molecule has 0 aliphatic heterocycles. The average molecular weight is 322 g/mol. The van der Waals surface area contributed by atoms with Crippen LogP contribution in [0.4, 0.5) is 0 Å². The standard InChI is InChI=1S/C21H25N.C2H6/c1-21(2,3)15-8-5-9-16-22(4)17-19-13-10-12-18-11-6-7-14-20(18)19;1-2/h5-7,9-14H,16-17H2,1-4H3;1-2H3/b9-5+;. The van der Waals surface area contributed by atoms with E-state index in [0.29, 0.717) is 0 Å². The molecule has 1 nitrogen and oxygen atoms in total. The lowest BCUT2D eigenvalue weighted by Crippen LogP contribution is -2.17. The highest BCUT2D eigenvalue weighted by Gasteiger charge is 2.03. The molecule has 0 N–H and O–H groups in total. The Morgan fingerprint density at radius 1 is 1.00 bits per heavy atom. The van der Waals surface area contributed by atoms with Crippen molar-refractivity contribution in [2.45, 2.75) is 41.2 Å². The molecule has 0 radical (unpaired) electrons. The van der Waals surface area contributed by atoms with E-state index < -0.39 is 0 Å². The molecular formula is C23H31N. The number of fused-ring (bicyclic) bond motifs is 1. The van der Waals surface area contributed by atoms with Crippen LogP contribution in [0.1, 0.15) is 40.2 Å². The molecule has 0 heterocycles. The summed E-state index contributed by atoms with van der Waals surface area (Å²) in [7, 11) is 2.14. The van der Waals surface area contributed by atoms with Crippen LogP contribution in [0.3, 0.4) is 0 Å². The van der Waals surface area contributed by atoms with Gasteiger partial charge in [-0.2, -0.15) is 0 Å². The van der Waals surface area contributed by atoms with E-state index in [9.17, 15) is 0 Å². The van der Waals surface area contributed by atoms with Crippen molar-refractivity contribution in [1.82, 2.24) is 4.90 Å². The third-order valence-corrected chi connectivity index (χ3v) is 3.39. The van der Waals surface area contributed by atoms with Gasteiger partial charge in [0.2, 0.25) is 0 Å². The van der Waals surface area contributed by atoms with E-state index in [-0.39, 0.29) is 5.41 Å². The summed E-state index contributed by atoms with van der Waals surface area (Å²) in [4.78, 5) is 2.30. The van der Waals surface area contributed by atoms with Gasteiger partial charge in [-0.05, 0) is 50.2 Å². The predicted molar refractivity (Wildman–Crippen MR) is 108 cm³/mol. The molecule has 0 amide bonds. The fourth-order valence-electron chi connectivity index (χ4n) is 2.34. The fourth-order valence-corrected chi connectivity index (χ4v) is 2.34. The van der Waals surface area contributed by atoms with Gasteiger partial charge in [-0.1, -0.05) is 74.2 Å². The highest BCUT2D eigenvalue weighted by Crippen LogP contribution is 2.19. The van der Waals surface area contributed by atoms with Crippen molar-refractivity contribution >= 4 is 10.8 Å². The molecule has 128 valence electrons. The first-order valence-electron chi connectivity index (χ1n) is 8.78. The van der Waals surface area contributed by atoms with Crippen LogP contribution < -0.4 is 0 Å². The summed E-state index contributed by atoms with van der Waals surface area (Å²) >= 11 is 0. The van der Waals surface area contributed by atoms with E-state index in [1.165, 1.54) is 16.3 Å². The molecular weight excluding hydrogens is 290 g/mol.